The average Bonchev–Trinajstić information content (AvgIpc) is 2.15. The number of Topliss-reactive ketones (excluding diaryl/α,β-unsaturated/α-hetero) is 1. The highest BCUT2D eigenvalue weighted by Crippen LogP contribution is 2.29. The Balaban J connectivity index is 3.49. The molecule has 0 saturated heterocycles. The zero-order chi connectivity index (χ0) is 12.5. The summed E-state index contributed by atoms with van der Waals surface area (Å²) < 4.78 is 25.2. The maximum atomic E-state index is 12.6. The number of aryl methyl sites for hydroxylation is 1. The average molecular weight is 229 g/mol. The summed E-state index contributed by atoms with van der Waals surface area (Å²) in [5.41, 5.74) is -0.970. The Morgan fingerprint density at radius 1 is 1.44 bits per heavy atom. The molecule has 1 aromatic rings. The summed E-state index contributed by atoms with van der Waals surface area (Å²) in [5, 5.41) is 10.6. The van der Waals surface area contributed by atoms with Crippen molar-refractivity contribution in [2.24, 2.45) is 0 Å². The largest absolute Gasteiger partial charge is 0.294 e. The van der Waals surface area contributed by atoms with Crippen LogP contribution in [-0.4, -0.2) is 10.7 Å². The molecule has 0 heterocycles. The van der Waals surface area contributed by atoms with Gasteiger partial charge in [-0.1, -0.05) is 0 Å². The number of benzene rings is 1. The monoisotopic (exact) mass is 229 g/mol. The SMILES string of the molecule is CC(=O)c1cc([N+](=O)[O-])c(C)cc1C(F)F. The second-order valence-electron chi connectivity index (χ2n) is 3.34. The number of nitrogens with zero attached hydrogens (tertiary/aromatic N) is 1. The molecule has 1 rings (SSSR count). The van der Waals surface area contributed by atoms with Gasteiger partial charge in [-0.3, -0.25) is 14.9 Å². The number of alkyl halides is 2. The fourth-order valence-corrected chi connectivity index (χ4v) is 1.40. The molecule has 0 bridgehead atoms. The van der Waals surface area contributed by atoms with Crippen molar-refractivity contribution in [1.29, 1.82) is 0 Å². The molecule has 0 N–H and O–H groups in total. The highest BCUT2D eigenvalue weighted by Gasteiger charge is 2.22. The maximum Gasteiger partial charge on any atom is 0.273 e. The van der Waals surface area contributed by atoms with Crippen molar-refractivity contribution in [3.63, 3.8) is 0 Å². The molecule has 0 aliphatic heterocycles. The van der Waals surface area contributed by atoms with E-state index in [-0.39, 0.29) is 16.8 Å². The topological polar surface area (TPSA) is 60.2 Å². The van der Waals surface area contributed by atoms with Crippen LogP contribution in [0.4, 0.5) is 14.5 Å². The van der Waals surface area contributed by atoms with Gasteiger partial charge in [0.25, 0.3) is 12.1 Å². The summed E-state index contributed by atoms with van der Waals surface area (Å²) in [4.78, 5) is 21.0. The van der Waals surface area contributed by atoms with Gasteiger partial charge in [0.2, 0.25) is 0 Å². The van der Waals surface area contributed by atoms with Gasteiger partial charge in [-0.2, -0.15) is 0 Å². The van der Waals surface area contributed by atoms with Crippen LogP contribution in [0.5, 0.6) is 0 Å². The molecule has 0 amide bonds. The Morgan fingerprint density at radius 3 is 2.38 bits per heavy atom. The van der Waals surface area contributed by atoms with Crippen molar-refractivity contribution in [3.8, 4) is 0 Å². The first kappa shape index (κ1) is 12.2. The molecule has 0 unspecified atom stereocenters. The van der Waals surface area contributed by atoms with Gasteiger partial charge in [0.05, 0.1) is 4.92 Å². The minimum atomic E-state index is -2.82. The van der Waals surface area contributed by atoms with Crippen LogP contribution in [0.2, 0.25) is 0 Å². The number of carbonyl (C=O) groups is 1. The smallest absolute Gasteiger partial charge is 0.273 e. The van der Waals surface area contributed by atoms with E-state index >= 15 is 0 Å². The van der Waals surface area contributed by atoms with Gasteiger partial charge in [0, 0.05) is 22.8 Å². The first-order valence-electron chi connectivity index (χ1n) is 4.42. The number of ketones is 1. The van der Waals surface area contributed by atoms with Crippen LogP contribution < -0.4 is 0 Å². The van der Waals surface area contributed by atoms with Crippen LogP contribution in [-0.2, 0) is 0 Å². The molecule has 4 nitrogen and oxygen atoms in total. The first-order valence-corrected chi connectivity index (χ1v) is 4.42. The molecule has 0 fully saturated rings. The van der Waals surface area contributed by atoms with Gasteiger partial charge in [-0.25, -0.2) is 8.78 Å². The predicted molar refractivity (Wildman–Crippen MR) is 52.8 cm³/mol. The van der Waals surface area contributed by atoms with Crippen molar-refractivity contribution in [1.82, 2.24) is 0 Å². The summed E-state index contributed by atoms with van der Waals surface area (Å²) in [7, 11) is 0. The van der Waals surface area contributed by atoms with Gasteiger partial charge in [-0.05, 0) is 19.9 Å². The van der Waals surface area contributed by atoms with E-state index in [9.17, 15) is 23.7 Å². The summed E-state index contributed by atoms with van der Waals surface area (Å²) in [5.74, 6) is -0.613. The van der Waals surface area contributed by atoms with Gasteiger partial charge in [-0.15, -0.1) is 0 Å². The molecule has 0 aliphatic carbocycles. The van der Waals surface area contributed by atoms with Crippen molar-refractivity contribution >= 4 is 11.5 Å². The van der Waals surface area contributed by atoms with E-state index in [2.05, 4.69) is 0 Å². The summed E-state index contributed by atoms with van der Waals surface area (Å²) in [6.45, 7) is 2.45. The van der Waals surface area contributed by atoms with E-state index in [1.807, 2.05) is 0 Å². The van der Waals surface area contributed by atoms with Gasteiger partial charge in [0.1, 0.15) is 0 Å². The molecular formula is C10H9F2NO3. The molecule has 86 valence electrons. The van der Waals surface area contributed by atoms with Crippen molar-refractivity contribution < 1.29 is 18.5 Å². The van der Waals surface area contributed by atoms with Crippen LogP contribution in [0.1, 0.15) is 34.8 Å². The molecule has 0 atom stereocenters. The first-order chi connectivity index (χ1) is 7.34. The van der Waals surface area contributed by atoms with E-state index in [1.54, 1.807) is 0 Å². The maximum absolute atomic E-state index is 12.6. The number of nitro benzene ring substituents is 1. The normalized spacial score (nSPS) is 10.6. The van der Waals surface area contributed by atoms with Crippen LogP contribution in [0.25, 0.3) is 0 Å². The third kappa shape index (κ3) is 2.21. The van der Waals surface area contributed by atoms with Crippen LogP contribution in [0, 0.1) is 17.0 Å². The van der Waals surface area contributed by atoms with Crippen molar-refractivity contribution in [2.45, 2.75) is 20.3 Å². The van der Waals surface area contributed by atoms with E-state index < -0.39 is 22.7 Å². The Hall–Kier alpha value is -1.85. The fourth-order valence-electron chi connectivity index (χ4n) is 1.40. The third-order valence-corrected chi connectivity index (χ3v) is 2.18. The Morgan fingerprint density at radius 2 is 2.00 bits per heavy atom. The number of hydrogen-bond acceptors (Lipinski definition) is 3. The number of nitro groups is 1. The van der Waals surface area contributed by atoms with E-state index in [0.717, 1.165) is 19.1 Å². The zero-order valence-corrected chi connectivity index (χ0v) is 8.66. The Labute approximate surface area is 90.0 Å². The summed E-state index contributed by atoms with van der Waals surface area (Å²) >= 11 is 0. The van der Waals surface area contributed by atoms with Crippen LogP contribution >= 0.6 is 0 Å². The molecule has 6 heteroatoms. The van der Waals surface area contributed by atoms with Gasteiger partial charge < -0.3 is 0 Å². The van der Waals surface area contributed by atoms with E-state index in [4.69, 9.17) is 0 Å². The predicted octanol–water partition coefficient (Wildman–Crippen LogP) is 3.04. The minimum Gasteiger partial charge on any atom is -0.294 e. The van der Waals surface area contributed by atoms with Crippen LogP contribution in [0.3, 0.4) is 0 Å². The molecule has 0 spiro atoms. The highest BCUT2D eigenvalue weighted by atomic mass is 19.3. The van der Waals surface area contributed by atoms with Crippen molar-refractivity contribution in [2.75, 3.05) is 0 Å². The van der Waals surface area contributed by atoms with E-state index in [0.29, 0.717) is 0 Å². The Bertz CT molecular complexity index is 458. The zero-order valence-electron chi connectivity index (χ0n) is 8.66. The molecule has 0 saturated carbocycles. The molecule has 1 aromatic carbocycles. The number of halogens is 2. The van der Waals surface area contributed by atoms with Crippen LogP contribution in [0.15, 0.2) is 12.1 Å². The number of hydrogen-bond donors (Lipinski definition) is 0. The van der Waals surface area contributed by atoms with Crippen molar-refractivity contribution in [3.05, 3.63) is 38.9 Å². The fraction of sp³-hybridized carbons (Fsp3) is 0.300. The van der Waals surface area contributed by atoms with E-state index in [1.165, 1.54) is 6.92 Å². The lowest BCUT2D eigenvalue weighted by Crippen LogP contribution is -2.03. The number of carbonyl (C=O) groups excluding carboxylic acids is 1. The van der Waals surface area contributed by atoms with Gasteiger partial charge in [0.15, 0.2) is 5.78 Å². The quantitative estimate of drug-likeness (QED) is 0.454. The highest BCUT2D eigenvalue weighted by molar-refractivity contribution is 5.96. The lowest BCUT2D eigenvalue weighted by atomic mass is 10.0. The third-order valence-electron chi connectivity index (χ3n) is 2.18. The standard InChI is InChI=1S/C10H9F2NO3/c1-5-3-8(10(11)12)7(6(2)14)4-9(5)13(15)16/h3-4,10H,1-2H3. The van der Waals surface area contributed by atoms with Gasteiger partial charge >= 0.3 is 0 Å². The molecule has 16 heavy (non-hydrogen) atoms. The lowest BCUT2D eigenvalue weighted by Gasteiger charge is -2.07. The Kier molecular flexibility index (Phi) is 3.31. The number of rotatable bonds is 3. The second kappa shape index (κ2) is 4.34. The lowest BCUT2D eigenvalue weighted by molar-refractivity contribution is -0.385. The molecule has 0 radical (unpaired) electrons. The molecule has 0 aromatic heterocycles. The minimum absolute atomic E-state index is 0.116. The molecule has 0 aliphatic rings. The second-order valence-corrected chi connectivity index (χ2v) is 3.34. The summed E-state index contributed by atoms with van der Waals surface area (Å²) in [6, 6.07) is 1.89. The molecular weight excluding hydrogens is 220 g/mol. The summed E-state index contributed by atoms with van der Waals surface area (Å²) in [6.07, 6.45) is -2.82.